The second kappa shape index (κ2) is 9.31. The summed E-state index contributed by atoms with van der Waals surface area (Å²) in [5, 5.41) is 3.90. The smallest absolute Gasteiger partial charge is 0.234 e. The quantitative estimate of drug-likeness (QED) is 0.514. The zero-order valence-electron chi connectivity index (χ0n) is 18.0. The van der Waals surface area contributed by atoms with Crippen molar-refractivity contribution in [2.45, 2.75) is 27.2 Å². The number of aryl methyl sites for hydroxylation is 3. The highest BCUT2D eigenvalue weighted by Gasteiger charge is 2.17. The molecule has 1 aliphatic rings. The molecule has 0 aliphatic carbocycles. The predicted octanol–water partition coefficient (Wildman–Crippen LogP) is 6.54. The van der Waals surface area contributed by atoms with Crippen molar-refractivity contribution < 1.29 is 4.79 Å². The number of benzene rings is 3. The molecule has 0 aromatic heterocycles. The monoisotopic (exact) mass is 427 g/mol. The van der Waals surface area contributed by atoms with Gasteiger partial charge in [-0.2, -0.15) is 0 Å². The Morgan fingerprint density at radius 1 is 0.903 bits per heavy atom. The lowest BCUT2D eigenvalue weighted by Gasteiger charge is -2.10. The first-order valence-corrected chi connectivity index (χ1v) is 11.3. The third kappa shape index (κ3) is 5.30. The molecule has 1 heterocycles. The van der Waals surface area contributed by atoms with Gasteiger partial charge in [-0.3, -0.25) is 9.79 Å². The molecule has 1 N–H and O–H groups in total. The molecule has 0 bridgehead atoms. The summed E-state index contributed by atoms with van der Waals surface area (Å²) in [4.78, 5) is 22.3. The number of carbonyl (C=O) groups is 1. The number of hydrogen-bond acceptors (Lipinski definition) is 4. The number of nitrogens with zero attached hydrogens (tertiary/aromatic N) is 2. The number of hydrogen-bond donors (Lipinski definition) is 1. The molecule has 0 saturated heterocycles. The summed E-state index contributed by atoms with van der Waals surface area (Å²) in [7, 11) is 0. The third-order valence-corrected chi connectivity index (χ3v) is 6.09. The molecular formula is C26H25N3OS. The number of rotatable bonds is 4. The lowest BCUT2D eigenvalue weighted by Crippen LogP contribution is -2.17. The van der Waals surface area contributed by atoms with Crippen LogP contribution in [0.1, 0.15) is 28.7 Å². The van der Waals surface area contributed by atoms with E-state index in [4.69, 9.17) is 9.98 Å². The van der Waals surface area contributed by atoms with Crippen molar-refractivity contribution in [3.63, 3.8) is 0 Å². The van der Waals surface area contributed by atoms with Crippen LogP contribution in [-0.4, -0.2) is 22.4 Å². The minimum absolute atomic E-state index is 0.0361. The second-order valence-corrected chi connectivity index (χ2v) is 8.80. The number of carbonyl (C=O) groups excluding carboxylic acids is 1. The molecule has 0 atom stereocenters. The van der Waals surface area contributed by atoms with Gasteiger partial charge in [-0.05, 0) is 50.1 Å². The van der Waals surface area contributed by atoms with Crippen molar-refractivity contribution in [1.29, 1.82) is 0 Å². The van der Waals surface area contributed by atoms with Gasteiger partial charge in [-0.1, -0.05) is 59.7 Å². The standard InChI is InChI=1S/C26H25N3OS/c1-17-8-11-20(12-9-17)24-15-26(29-23-7-5-4-6-22(23)27-24)31-16-25(30)28-21-13-10-18(2)14-19(21)3/h4-14H,15-16H2,1-3H3,(H,28,30). The first kappa shape index (κ1) is 21.1. The van der Waals surface area contributed by atoms with Crippen LogP contribution in [0.5, 0.6) is 0 Å². The molecule has 1 aliphatic heterocycles. The van der Waals surface area contributed by atoms with Crippen molar-refractivity contribution in [2.75, 3.05) is 11.1 Å². The van der Waals surface area contributed by atoms with Crippen molar-refractivity contribution in [3.8, 4) is 0 Å². The normalized spacial score (nSPS) is 13.0. The number of thioether (sulfide) groups is 1. The summed E-state index contributed by atoms with van der Waals surface area (Å²) in [5.41, 5.74) is 8.04. The number of fused-ring (bicyclic) bond motifs is 1. The molecule has 4 nitrogen and oxygen atoms in total. The van der Waals surface area contributed by atoms with Crippen LogP contribution in [0.2, 0.25) is 0 Å². The summed E-state index contributed by atoms with van der Waals surface area (Å²) in [6, 6.07) is 22.3. The second-order valence-electron chi connectivity index (χ2n) is 7.75. The van der Waals surface area contributed by atoms with Crippen molar-refractivity contribution in [1.82, 2.24) is 0 Å². The van der Waals surface area contributed by atoms with Gasteiger partial charge in [-0.25, -0.2) is 4.99 Å². The largest absolute Gasteiger partial charge is 0.325 e. The lowest BCUT2D eigenvalue weighted by atomic mass is 10.1. The van der Waals surface area contributed by atoms with Gasteiger partial charge in [0.25, 0.3) is 0 Å². The van der Waals surface area contributed by atoms with Gasteiger partial charge in [0.15, 0.2) is 0 Å². The minimum atomic E-state index is -0.0361. The van der Waals surface area contributed by atoms with Crippen LogP contribution in [0.25, 0.3) is 0 Å². The van der Waals surface area contributed by atoms with Crippen LogP contribution in [0.4, 0.5) is 17.1 Å². The summed E-state index contributed by atoms with van der Waals surface area (Å²) in [6.07, 6.45) is 0.596. The maximum Gasteiger partial charge on any atom is 0.234 e. The van der Waals surface area contributed by atoms with E-state index in [1.807, 2.05) is 50.2 Å². The third-order valence-electron chi connectivity index (χ3n) is 5.11. The first-order valence-electron chi connectivity index (χ1n) is 10.3. The minimum Gasteiger partial charge on any atom is -0.325 e. The Morgan fingerprint density at radius 2 is 1.58 bits per heavy atom. The Morgan fingerprint density at radius 3 is 2.29 bits per heavy atom. The average molecular weight is 428 g/mol. The van der Waals surface area contributed by atoms with Gasteiger partial charge in [0.2, 0.25) is 5.91 Å². The Hall–Kier alpha value is -3.18. The molecule has 4 rings (SSSR count). The van der Waals surface area contributed by atoms with Crippen LogP contribution < -0.4 is 5.32 Å². The van der Waals surface area contributed by atoms with E-state index in [-0.39, 0.29) is 5.91 Å². The van der Waals surface area contributed by atoms with E-state index in [2.05, 4.69) is 42.6 Å². The van der Waals surface area contributed by atoms with Gasteiger partial charge in [-0.15, -0.1) is 11.8 Å². The molecule has 156 valence electrons. The summed E-state index contributed by atoms with van der Waals surface area (Å²) < 4.78 is 0. The van der Waals surface area contributed by atoms with Crippen molar-refractivity contribution >= 4 is 45.5 Å². The van der Waals surface area contributed by atoms with E-state index < -0.39 is 0 Å². The predicted molar refractivity (Wildman–Crippen MR) is 133 cm³/mol. The Kier molecular flexibility index (Phi) is 6.33. The molecule has 1 amide bonds. The molecular weight excluding hydrogens is 402 g/mol. The number of amides is 1. The Bertz CT molecular complexity index is 1180. The zero-order chi connectivity index (χ0) is 21.8. The van der Waals surface area contributed by atoms with Gasteiger partial charge in [0.1, 0.15) is 0 Å². The molecule has 3 aromatic carbocycles. The van der Waals surface area contributed by atoms with E-state index in [1.165, 1.54) is 22.9 Å². The van der Waals surface area contributed by atoms with Gasteiger partial charge >= 0.3 is 0 Å². The van der Waals surface area contributed by atoms with E-state index >= 15 is 0 Å². The highest BCUT2D eigenvalue weighted by atomic mass is 32.2. The van der Waals surface area contributed by atoms with E-state index in [9.17, 15) is 4.79 Å². The molecule has 0 spiro atoms. The SMILES string of the molecule is Cc1ccc(C2=Nc3ccccc3N=C(SCC(=O)Nc3ccc(C)cc3C)C2)cc1. The lowest BCUT2D eigenvalue weighted by molar-refractivity contribution is -0.113. The topological polar surface area (TPSA) is 53.8 Å². The van der Waals surface area contributed by atoms with Crippen LogP contribution >= 0.6 is 11.8 Å². The van der Waals surface area contributed by atoms with Gasteiger partial charge < -0.3 is 5.32 Å². The fraction of sp³-hybridized carbons (Fsp3) is 0.192. The van der Waals surface area contributed by atoms with E-state index in [0.717, 1.165) is 38.9 Å². The molecule has 0 radical (unpaired) electrons. The molecule has 0 saturated carbocycles. The van der Waals surface area contributed by atoms with Crippen LogP contribution in [0.15, 0.2) is 76.7 Å². The number of nitrogens with one attached hydrogen (secondary N) is 1. The van der Waals surface area contributed by atoms with Gasteiger partial charge in [0, 0.05) is 12.1 Å². The molecule has 0 unspecified atom stereocenters. The highest BCUT2D eigenvalue weighted by molar-refractivity contribution is 8.14. The van der Waals surface area contributed by atoms with Crippen molar-refractivity contribution in [2.24, 2.45) is 9.98 Å². The fourth-order valence-corrected chi connectivity index (χ4v) is 4.21. The Labute approximate surface area is 187 Å². The average Bonchev–Trinajstić information content (AvgIpc) is 2.94. The number of para-hydroxylation sites is 2. The zero-order valence-corrected chi connectivity index (χ0v) is 18.8. The maximum absolute atomic E-state index is 12.6. The van der Waals surface area contributed by atoms with E-state index in [1.54, 1.807) is 0 Å². The highest BCUT2D eigenvalue weighted by Crippen LogP contribution is 2.33. The number of aliphatic imine (C=N–C) groups is 2. The maximum atomic E-state index is 12.6. The molecule has 3 aromatic rings. The van der Waals surface area contributed by atoms with E-state index in [0.29, 0.717) is 12.2 Å². The molecule has 0 fully saturated rings. The fourth-order valence-electron chi connectivity index (χ4n) is 3.44. The summed E-state index contributed by atoms with van der Waals surface area (Å²) in [5.74, 6) is 0.265. The van der Waals surface area contributed by atoms with Crippen molar-refractivity contribution in [3.05, 3.63) is 89.0 Å². The first-order chi connectivity index (χ1) is 15.0. The molecule has 31 heavy (non-hydrogen) atoms. The summed E-state index contributed by atoms with van der Waals surface area (Å²) >= 11 is 1.47. The number of anilines is 1. The van der Waals surface area contributed by atoms with Crippen LogP contribution in [0, 0.1) is 20.8 Å². The van der Waals surface area contributed by atoms with Crippen LogP contribution in [0.3, 0.4) is 0 Å². The molecule has 5 heteroatoms. The Balaban J connectivity index is 1.52. The summed E-state index contributed by atoms with van der Waals surface area (Å²) in [6.45, 7) is 6.13. The van der Waals surface area contributed by atoms with Crippen LogP contribution in [-0.2, 0) is 4.79 Å². The van der Waals surface area contributed by atoms with Gasteiger partial charge in [0.05, 0.1) is 27.9 Å².